The highest BCUT2D eigenvalue weighted by molar-refractivity contribution is 7.99. The van der Waals surface area contributed by atoms with Gasteiger partial charge in [-0.2, -0.15) is 0 Å². The number of carbonyl (C=O) groups excluding carboxylic acids is 1. The maximum atomic E-state index is 13.2. The van der Waals surface area contributed by atoms with Crippen LogP contribution in [0.3, 0.4) is 0 Å². The van der Waals surface area contributed by atoms with Gasteiger partial charge >= 0.3 is 0 Å². The number of methoxy groups -OCH3 is 2. The Labute approximate surface area is 210 Å². The lowest BCUT2D eigenvalue weighted by Crippen LogP contribution is -2.33. The molecular formula is C24H32ClN3O3S2. The first kappa shape index (κ1) is 27.2. The lowest BCUT2D eigenvalue weighted by molar-refractivity contribution is -0.118. The second kappa shape index (κ2) is 13.6. The van der Waals surface area contributed by atoms with Gasteiger partial charge in [0.1, 0.15) is 21.7 Å². The van der Waals surface area contributed by atoms with Gasteiger partial charge in [0, 0.05) is 17.9 Å². The number of hydrogen-bond donors (Lipinski definition) is 0. The minimum Gasteiger partial charge on any atom is -0.495 e. The van der Waals surface area contributed by atoms with E-state index in [-0.39, 0.29) is 18.3 Å². The zero-order valence-corrected chi connectivity index (χ0v) is 22.0. The quantitative estimate of drug-likeness (QED) is 0.234. The maximum absolute atomic E-state index is 13.2. The molecule has 33 heavy (non-hydrogen) atoms. The van der Waals surface area contributed by atoms with E-state index in [2.05, 4.69) is 17.0 Å². The Morgan fingerprint density at radius 3 is 2.36 bits per heavy atom. The van der Waals surface area contributed by atoms with Crippen molar-refractivity contribution in [1.82, 2.24) is 9.88 Å². The van der Waals surface area contributed by atoms with Crippen molar-refractivity contribution in [2.45, 2.75) is 24.2 Å². The van der Waals surface area contributed by atoms with Gasteiger partial charge in [0.05, 0.1) is 14.2 Å². The molecule has 0 bridgehead atoms. The molecule has 0 spiro atoms. The number of nitrogens with zero attached hydrogens (tertiary/aromatic N) is 3. The lowest BCUT2D eigenvalue weighted by Gasteiger charge is -2.21. The molecule has 3 aromatic rings. The zero-order valence-electron chi connectivity index (χ0n) is 19.6. The highest BCUT2D eigenvalue weighted by atomic mass is 35.5. The van der Waals surface area contributed by atoms with Crippen molar-refractivity contribution in [2.24, 2.45) is 0 Å². The number of ether oxygens (including phenoxy) is 2. The van der Waals surface area contributed by atoms with E-state index in [9.17, 15) is 4.79 Å². The molecule has 9 heteroatoms. The second-order valence-corrected chi connectivity index (χ2v) is 9.76. The average molecular weight is 510 g/mol. The van der Waals surface area contributed by atoms with E-state index >= 15 is 0 Å². The fourth-order valence-corrected chi connectivity index (χ4v) is 5.32. The number of rotatable bonds is 12. The van der Waals surface area contributed by atoms with Gasteiger partial charge in [0.15, 0.2) is 5.13 Å². The largest absolute Gasteiger partial charge is 0.495 e. The third-order valence-corrected chi connectivity index (χ3v) is 7.16. The molecule has 1 heterocycles. The monoisotopic (exact) mass is 509 g/mol. The van der Waals surface area contributed by atoms with E-state index in [4.69, 9.17) is 14.5 Å². The molecule has 0 aliphatic carbocycles. The summed E-state index contributed by atoms with van der Waals surface area (Å²) in [6.45, 7) is 1.54. The molecule has 3 rings (SSSR count). The van der Waals surface area contributed by atoms with E-state index < -0.39 is 0 Å². The molecule has 0 unspecified atom stereocenters. The molecule has 0 aliphatic heterocycles. The molecule has 0 aliphatic rings. The number of amides is 1. The number of halogens is 1. The first-order valence-corrected chi connectivity index (χ1v) is 12.5. The molecule has 0 saturated carbocycles. The van der Waals surface area contributed by atoms with Gasteiger partial charge in [0.2, 0.25) is 5.91 Å². The Balaban J connectivity index is 0.00000385. The summed E-state index contributed by atoms with van der Waals surface area (Å²) in [6, 6.07) is 14.0. The third kappa shape index (κ3) is 7.50. The van der Waals surface area contributed by atoms with E-state index in [0.29, 0.717) is 23.8 Å². The van der Waals surface area contributed by atoms with Crippen molar-refractivity contribution < 1.29 is 14.3 Å². The van der Waals surface area contributed by atoms with E-state index in [0.717, 1.165) is 41.1 Å². The smallest absolute Gasteiger partial charge is 0.228 e. The van der Waals surface area contributed by atoms with Gasteiger partial charge in [-0.05, 0) is 63.5 Å². The fraction of sp³-hybridized carbons (Fsp3) is 0.417. The molecule has 1 aromatic heterocycles. The Morgan fingerprint density at radius 1 is 1.00 bits per heavy atom. The highest BCUT2D eigenvalue weighted by Gasteiger charge is 2.22. The van der Waals surface area contributed by atoms with Crippen molar-refractivity contribution in [1.29, 1.82) is 0 Å². The second-order valence-electron chi connectivity index (χ2n) is 7.61. The number of benzene rings is 2. The first-order valence-electron chi connectivity index (χ1n) is 10.7. The average Bonchev–Trinajstić information content (AvgIpc) is 3.24. The van der Waals surface area contributed by atoms with Crippen molar-refractivity contribution in [3.8, 4) is 11.5 Å². The van der Waals surface area contributed by atoms with Crippen molar-refractivity contribution >= 4 is 56.8 Å². The standard InChI is InChI=1S/C24H31N3O3S2.ClH/c1-26(2)15-9-16-27(21(28)12-8-17-31-18-10-6-5-7-11-18)24-25-22-19(29-3)13-14-20(30-4)23(22)32-24;/h5-7,10-11,13-14H,8-9,12,15-17H2,1-4H3;1H. The van der Waals surface area contributed by atoms with Crippen LogP contribution in [0.2, 0.25) is 0 Å². The fourth-order valence-electron chi connectivity index (χ4n) is 3.33. The SMILES string of the molecule is COc1ccc(OC)c2sc(N(CCCN(C)C)C(=O)CCCSc3ccccc3)nc12.Cl. The molecule has 2 aromatic carbocycles. The summed E-state index contributed by atoms with van der Waals surface area (Å²) < 4.78 is 11.9. The van der Waals surface area contributed by atoms with Crippen LogP contribution in [0.1, 0.15) is 19.3 Å². The molecule has 0 fully saturated rings. The van der Waals surface area contributed by atoms with Gasteiger partial charge < -0.3 is 14.4 Å². The van der Waals surface area contributed by atoms with Crippen molar-refractivity contribution in [3.63, 3.8) is 0 Å². The predicted molar refractivity (Wildman–Crippen MR) is 142 cm³/mol. The van der Waals surface area contributed by atoms with E-state index in [1.165, 1.54) is 16.2 Å². The summed E-state index contributed by atoms with van der Waals surface area (Å²) in [5.74, 6) is 2.44. The molecule has 0 atom stereocenters. The molecule has 180 valence electrons. The number of thiazole rings is 1. The highest BCUT2D eigenvalue weighted by Crippen LogP contribution is 2.40. The third-order valence-electron chi connectivity index (χ3n) is 4.96. The number of fused-ring (bicyclic) bond motifs is 1. The minimum atomic E-state index is 0. The molecule has 6 nitrogen and oxygen atoms in total. The summed E-state index contributed by atoms with van der Waals surface area (Å²) in [5, 5.41) is 0.697. The normalized spacial score (nSPS) is 10.8. The molecule has 0 saturated heterocycles. The number of aromatic nitrogens is 1. The summed E-state index contributed by atoms with van der Waals surface area (Å²) in [6.07, 6.45) is 2.19. The van der Waals surface area contributed by atoms with Crippen molar-refractivity contribution in [3.05, 3.63) is 42.5 Å². The topological polar surface area (TPSA) is 54.9 Å². The number of thioether (sulfide) groups is 1. The van der Waals surface area contributed by atoms with Gasteiger partial charge in [-0.15, -0.1) is 24.2 Å². The summed E-state index contributed by atoms with van der Waals surface area (Å²) in [7, 11) is 7.36. The maximum Gasteiger partial charge on any atom is 0.228 e. The van der Waals surface area contributed by atoms with E-state index in [1.54, 1.807) is 26.0 Å². The van der Waals surface area contributed by atoms with E-state index in [1.807, 2.05) is 49.3 Å². The minimum absolute atomic E-state index is 0. The summed E-state index contributed by atoms with van der Waals surface area (Å²) in [5.41, 5.74) is 0.733. The number of hydrogen-bond acceptors (Lipinski definition) is 7. The van der Waals surface area contributed by atoms with Crippen LogP contribution >= 0.6 is 35.5 Å². The van der Waals surface area contributed by atoms with Crippen LogP contribution in [-0.4, -0.2) is 62.9 Å². The van der Waals surface area contributed by atoms with Crippen LogP contribution in [0.5, 0.6) is 11.5 Å². The molecular weight excluding hydrogens is 478 g/mol. The van der Waals surface area contributed by atoms with Crippen LogP contribution in [-0.2, 0) is 4.79 Å². The Hall–Kier alpha value is -2.00. The van der Waals surface area contributed by atoms with Crippen LogP contribution in [0.25, 0.3) is 10.2 Å². The summed E-state index contributed by atoms with van der Waals surface area (Å²) in [4.78, 5) is 23.2. The number of anilines is 1. The lowest BCUT2D eigenvalue weighted by atomic mass is 10.3. The molecule has 0 N–H and O–H groups in total. The van der Waals surface area contributed by atoms with Crippen LogP contribution < -0.4 is 14.4 Å². The Bertz CT molecular complexity index is 974. The van der Waals surface area contributed by atoms with Crippen molar-refractivity contribution in [2.75, 3.05) is 52.1 Å². The van der Waals surface area contributed by atoms with Crippen LogP contribution in [0, 0.1) is 0 Å². The van der Waals surface area contributed by atoms with Gasteiger partial charge in [-0.3, -0.25) is 9.69 Å². The molecule has 1 amide bonds. The van der Waals surface area contributed by atoms with Gasteiger partial charge in [0.25, 0.3) is 0 Å². The van der Waals surface area contributed by atoms with Gasteiger partial charge in [-0.25, -0.2) is 4.98 Å². The van der Waals surface area contributed by atoms with Crippen LogP contribution in [0.4, 0.5) is 5.13 Å². The van der Waals surface area contributed by atoms with Crippen LogP contribution in [0.15, 0.2) is 47.4 Å². The molecule has 0 radical (unpaired) electrons. The van der Waals surface area contributed by atoms with Gasteiger partial charge in [-0.1, -0.05) is 29.5 Å². The summed E-state index contributed by atoms with van der Waals surface area (Å²) >= 11 is 3.26. The Morgan fingerprint density at radius 2 is 1.70 bits per heavy atom. The predicted octanol–water partition coefficient (Wildman–Crippen LogP) is 5.59. The first-order chi connectivity index (χ1) is 15.5. The zero-order chi connectivity index (χ0) is 22.9. The Kier molecular flexibility index (Phi) is 11.3. The number of carbonyl (C=O) groups is 1.